The summed E-state index contributed by atoms with van der Waals surface area (Å²) in [7, 11) is 1.74. The lowest BCUT2D eigenvalue weighted by Gasteiger charge is -2.12. The molecule has 0 saturated heterocycles. The lowest BCUT2D eigenvalue weighted by Crippen LogP contribution is -2.20. The molecule has 0 amide bonds. The zero-order valence-corrected chi connectivity index (χ0v) is 12.4. The van der Waals surface area contributed by atoms with Gasteiger partial charge in [-0.25, -0.2) is 0 Å². The van der Waals surface area contributed by atoms with E-state index in [1.54, 1.807) is 7.11 Å². The van der Waals surface area contributed by atoms with Crippen LogP contribution < -0.4 is 5.32 Å². The quantitative estimate of drug-likeness (QED) is 0.550. The van der Waals surface area contributed by atoms with Crippen LogP contribution in [0.4, 0.5) is 0 Å². The van der Waals surface area contributed by atoms with Crippen LogP contribution in [0.15, 0.2) is 23.2 Å². The van der Waals surface area contributed by atoms with E-state index in [4.69, 9.17) is 4.74 Å². The molecule has 1 aromatic heterocycles. The minimum absolute atomic E-state index is 0.331. The van der Waals surface area contributed by atoms with E-state index < -0.39 is 0 Å². The van der Waals surface area contributed by atoms with Crippen LogP contribution in [-0.2, 0) is 4.74 Å². The van der Waals surface area contributed by atoms with Gasteiger partial charge in [-0.1, -0.05) is 6.92 Å². The second-order valence-electron chi connectivity index (χ2n) is 4.29. The van der Waals surface area contributed by atoms with Crippen molar-refractivity contribution in [3.63, 3.8) is 0 Å². The van der Waals surface area contributed by atoms with E-state index in [1.165, 1.54) is 4.90 Å². The Bertz CT molecular complexity index is 316. The van der Waals surface area contributed by atoms with Crippen molar-refractivity contribution in [2.24, 2.45) is 0 Å². The molecular formula is C14H24N2OS. The highest BCUT2D eigenvalue weighted by molar-refractivity contribution is 7.99. The predicted octanol–water partition coefficient (Wildman–Crippen LogP) is 3.27. The van der Waals surface area contributed by atoms with Crippen LogP contribution in [0.3, 0.4) is 0 Å². The van der Waals surface area contributed by atoms with Gasteiger partial charge in [-0.15, -0.1) is 11.8 Å². The van der Waals surface area contributed by atoms with Crippen molar-refractivity contribution in [3.8, 4) is 0 Å². The smallest absolute Gasteiger partial charge is 0.0571 e. The highest BCUT2D eigenvalue weighted by Crippen LogP contribution is 2.19. The number of aromatic nitrogens is 1. The summed E-state index contributed by atoms with van der Waals surface area (Å²) in [5.41, 5.74) is 1.12. The first-order valence-electron chi connectivity index (χ1n) is 6.59. The maximum atomic E-state index is 5.03. The number of rotatable bonds is 9. The first-order valence-corrected chi connectivity index (χ1v) is 7.57. The van der Waals surface area contributed by atoms with Crippen LogP contribution >= 0.6 is 11.8 Å². The molecule has 0 spiro atoms. The summed E-state index contributed by atoms with van der Waals surface area (Å²) in [6, 6.07) is 4.60. The van der Waals surface area contributed by atoms with Crippen molar-refractivity contribution in [1.29, 1.82) is 0 Å². The van der Waals surface area contributed by atoms with Crippen molar-refractivity contribution < 1.29 is 4.74 Å². The molecule has 1 rings (SSSR count). The topological polar surface area (TPSA) is 34.1 Å². The van der Waals surface area contributed by atoms with Gasteiger partial charge in [0.25, 0.3) is 0 Å². The van der Waals surface area contributed by atoms with Gasteiger partial charge in [-0.2, -0.15) is 0 Å². The molecule has 0 saturated carbocycles. The van der Waals surface area contributed by atoms with E-state index in [-0.39, 0.29) is 0 Å². The number of ether oxygens (including phenoxy) is 1. The van der Waals surface area contributed by atoms with Gasteiger partial charge in [0.05, 0.1) is 5.69 Å². The molecule has 1 unspecified atom stereocenters. The molecule has 3 nitrogen and oxygen atoms in total. The maximum Gasteiger partial charge on any atom is 0.0571 e. The van der Waals surface area contributed by atoms with Gasteiger partial charge in [0.15, 0.2) is 0 Å². The van der Waals surface area contributed by atoms with Crippen molar-refractivity contribution in [2.75, 3.05) is 26.0 Å². The summed E-state index contributed by atoms with van der Waals surface area (Å²) < 4.78 is 5.03. The van der Waals surface area contributed by atoms with Gasteiger partial charge in [0, 0.05) is 36.6 Å². The fraction of sp³-hybridized carbons (Fsp3) is 0.643. The summed E-state index contributed by atoms with van der Waals surface area (Å²) in [4.78, 5) is 5.75. The van der Waals surface area contributed by atoms with Crippen LogP contribution in [-0.4, -0.2) is 31.0 Å². The number of thioether (sulfide) groups is 1. The van der Waals surface area contributed by atoms with Gasteiger partial charge in [-0.3, -0.25) is 4.98 Å². The number of hydrogen-bond donors (Lipinski definition) is 1. The standard InChI is InChI=1S/C14H24N2OS/c1-4-8-15-12(2)14-7-6-13(11-16-14)18-10-5-9-17-3/h6-7,11-12,15H,4-5,8-10H2,1-3H3. The van der Waals surface area contributed by atoms with Crippen molar-refractivity contribution in [2.45, 2.75) is 37.6 Å². The molecule has 0 fully saturated rings. The lowest BCUT2D eigenvalue weighted by molar-refractivity contribution is 0.200. The number of methoxy groups -OCH3 is 1. The van der Waals surface area contributed by atoms with E-state index in [0.717, 1.165) is 37.4 Å². The Labute approximate surface area is 115 Å². The molecule has 1 N–H and O–H groups in total. The molecule has 1 aromatic rings. The molecule has 102 valence electrons. The number of pyridine rings is 1. The third kappa shape index (κ3) is 5.85. The summed E-state index contributed by atoms with van der Waals surface area (Å²) >= 11 is 1.84. The minimum atomic E-state index is 0.331. The van der Waals surface area contributed by atoms with E-state index in [0.29, 0.717) is 6.04 Å². The Morgan fingerprint density at radius 2 is 2.28 bits per heavy atom. The lowest BCUT2D eigenvalue weighted by atomic mass is 10.2. The maximum absolute atomic E-state index is 5.03. The monoisotopic (exact) mass is 268 g/mol. The molecule has 0 aliphatic rings. The first-order chi connectivity index (χ1) is 8.77. The summed E-state index contributed by atoms with van der Waals surface area (Å²) in [5, 5.41) is 3.44. The van der Waals surface area contributed by atoms with Gasteiger partial charge < -0.3 is 10.1 Å². The van der Waals surface area contributed by atoms with Gasteiger partial charge >= 0.3 is 0 Å². The van der Waals surface area contributed by atoms with E-state index in [1.807, 2.05) is 18.0 Å². The largest absolute Gasteiger partial charge is 0.385 e. The van der Waals surface area contributed by atoms with Gasteiger partial charge in [0.2, 0.25) is 0 Å². The second-order valence-corrected chi connectivity index (χ2v) is 5.46. The van der Waals surface area contributed by atoms with Crippen LogP contribution in [0.1, 0.15) is 38.4 Å². The molecule has 18 heavy (non-hydrogen) atoms. The predicted molar refractivity (Wildman–Crippen MR) is 78.2 cm³/mol. The molecule has 1 heterocycles. The molecule has 4 heteroatoms. The zero-order chi connectivity index (χ0) is 13.2. The van der Waals surface area contributed by atoms with Crippen LogP contribution in [0.5, 0.6) is 0 Å². The Balaban J connectivity index is 2.37. The average molecular weight is 268 g/mol. The minimum Gasteiger partial charge on any atom is -0.385 e. The van der Waals surface area contributed by atoms with Crippen LogP contribution in [0.25, 0.3) is 0 Å². The molecule has 0 aromatic carbocycles. The number of nitrogens with zero attached hydrogens (tertiary/aromatic N) is 1. The highest BCUT2D eigenvalue weighted by Gasteiger charge is 2.05. The van der Waals surface area contributed by atoms with Crippen molar-refractivity contribution in [1.82, 2.24) is 10.3 Å². The molecule has 0 radical (unpaired) electrons. The fourth-order valence-corrected chi connectivity index (χ4v) is 2.38. The van der Waals surface area contributed by atoms with E-state index >= 15 is 0 Å². The van der Waals surface area contributed by atoms with Crippen molar-refractivity contribution in [3.05, 3.63) is 24.0 Å². The number of nitrogens with one attached hydrogen (secondary N) is 1. The van der Waals surface area contributed by atoms with Gasteiger partial charge in [0.1, 0.15) is 0 Å². The normalized spacial score (nSPS) is 12.6. The van der Waals surface area contributed by atoms with Crippen LogP contribution in [0, 0.1) is 0 Å². The van der Waals surface area contributed by atoms with Crippen molar-refractivity contribution >= 4 is 11.8 Å². The third-order valence-electron chi connectivity index (χ3n) is 2.66. The third-order valence-corrected chi connectivity index (χ3v) is 3.73. The Morgan fingerprint density at radius 3 is 2.89 bits per heavy atom. The fourth-order valence-electron chi connectivity index (χ4n) is 1.59. The molecule has 0 aliphatic heterocycles. The molecular weight excluding hydrogens is 244 g/mol. The average Bonchev–Trinajstić information content (AvgIpc) is 2.41. The molecule has 1 atom stereocenters. The molecule has 0 aliphatic carbocycles. The Morgan fingerprint density at radius 1 is 1.44 bits per heavy atom. The van der Waals surface area contributed by atoms with E-state index in [2.05, 4.69) is 36.3 Å². The molecule has 0 bridgehead atoms. The van der Waals surface area contributed by atoms with Crippen LogP contribution in [0.2, 0.25) is 0 Å². The summed E-state index contributed by atoms with van der Waals surface area (Å²) in [6.45, 7) is 6.20. The first kappa shape index (κ1) is 15.5. The number of hydrogen-bond acceptors (Lipinski definition) is 4. The van der Waals surface area contributed by atoms with E-state index in [9.17, 15) is 0 Å². The summed E-state index contributed by atoms with van der Waals surface area (Å²) in [5.74, 6) is 1.08. The Hall–Kier alpha value is -0.580. The summed E-state index contributed by atoms with van der Waals surface area (Å²) in [6.07, 6.45) is 4.20. The zero-order valence-electron chi connectivity index (χ0n) is 11.6. The highest BCUT2D eigenvalue weighted by atomic mass is 32.2. The van der Waals surface area contributed by atoms with Gasteiger partial charge in [-0.05, 0) is 38.4 Å². The second kappa shape index (κ2) is 9.36. The Kier molecular flexibility index (Phi) is 8.05. The SMILES string of the molecule is CCCNC(C)c1ccc(SCCCOC)cn1.